The van der Waals surface area contributed by atoms with Crippen molar-refractivity contribution in [1.29, 1.82) is 0 Å². The fourth-order valence-electron chi connectivity index (χ4n) is 2.45. The monoisotopic (exact) mass is 339 g/mol. The fourth-order valence-corrected chi connectivity index (χ4v) is 2.45. The van der Waals surface area contributed by atoms with Gasteiger partial charge in [-0.1, -0.05) is 24.3 Å². The van der Waals surface area contributed by atoms with E-state index < -0.39 is 0 Å². The third-order valence-electron chi connectivity index (χ3n) is 3.79. The van der Waals surface area contributed by atoms with Crippen LogP contribution in [-0.4, -0.2) is 30.5 Å². The van der Waals surface area contributed by atoms with E-state index in [1.54, 1.807) is 5.01 Å². The SMILES string of the molecule is CN(N)C=O.CN(N)c1cccc(C2CC2)c1/C=C/c1ccccn1. The molecule has 2 aromatic rings. The first-order chi connectivity index (χ1) is 12.0. The second kappa shape index (κ2) is 8.96. The molecule has 0 bridgehead atoms. The van der Waals surface area contributed by atoms with Gasteiger partial charge in [0.25, 0.3) is 0 Å². The number of carbonyl (C=O) groups is 1. The lowest BCUT2D eigenvalue weighted by Gasteiger charge is -2.18. The van der Waals surface area contributed by atoms with Crippen molar-refractivity contribution in [3.63, 3.8) is 0 Å². The van der Waals surface area contributed by atoms with Crippen LogP contribution < -0.4 is 16.7 Å². The number of anilines is 1. The Kier molecular flexibility index (Phi) is 6.68. The van der Waals surface area contributed by atoms with Crippen LogP contribution in [-0.2, 0) is 4.79 Å². The molecule has 25 heavy (non-hydrogen) atoms. The van der Waals surface area contributed by atoms with Gasteiger partial charge in [-0.3, -0.25) is 14.8 Å². The Balaban J connectivity index is 0.000000399. The van der Waals surface area contributed by atoms with Gasteiger partial charge in [0.15, 0.2) is 0 Å². The second-order valence-corrected chi connectivity index (χ2v) is 6.02. The third-order valence-corrected chi connectivity index (χ3v) is 3.79. The number of hydrazine groups is 2. The molecule has 0 saturated heterocycles. The van der Waals surface area contributed by atoms with Crippen molar-refractivity contribution in [3.05, 3.63) is 59.4 Å². The summed E-state index contributed by atoms with van der Waals surface area (Å²) < 4.78 is 0. The van der Waals surface area contributed by atoms with E-state index >= 15 is 0 Å². The Labute approximate surface area is 148 Å². The van der Waals surface area contributed by atoms with Crippen LogP contribution in [0, 0.1) is 0 Å². The average Bonchev–Trinajstić information content (AvgIpc) is 3.46. The molecule has 1 saturated carbocycles. The normalized spacial score (nSPS) is 13.1. The van der Waals surface area contributed by atoms with E-state index in [-0.39, 0.29) is 0 Å². The summed E-state index contributed by atoms with van der Waals surface area (Å²) in [4.78, 5) is 13.6. The van der Waals surface area contributed by atoms with Crippen molar-refractivity contribution >= 4 is 24.2 Å². The van der Waals surface area contributed by atoms with Gasteiger partial charge in [-0.2, -0.15) is 0 Å². The van der Waals surface area contributed by atoms with Crippen LogP contribution in [0.2, 0.25) is 0 Å². The number of hydrogen-bond donors (Lipinski definition) is 2. The molecule has 0 aliphatic heterocycles. The fraction of sp³-hybridized carbons (Fsp3) is 0.263. The molecule has 6 heteroatoms. The van der Waals surface area contributed by atoms with E-state index in [1.807, 2.05) is 37.5 Å². The summed E-state index contributed by atoms with van der Waals surface area (Å²) in [5.41, 5.74) is 4.63. The van der Waals surface area contributed by atoms with E-state index in [1.165, 1.54) is 31.0 Å². The molecule has 1 aliphatic carbocycles. The average molecular weight is 339 g/mol. The summed E-state index contributed by atoms with van der Waals surface area (Å²) in [6.45, 7) is 0. The maximum Gasteiger partial charge on any atom is 0.223 e. The number of nitrogens with two attached hydrogens (primary N) is 2. The van der Waals surface area contributed by atoms with Crippen molar-refractivity contribution in [2.75, 3.05) is 19.1 Å². The minimum absolute atomic E-state index is 0.528. The highest BCUT2D eigenvalue weighted by atomic mass is 16.1. The first kappa shape index (κ1) is 18.6. The van der Waals surface area contributed by atoms with Gasteiger partial charge < -0.3 is 5.01 Å². The molecule has 4 N–H and O–H groups in total. The summed E-state index contributed by atoms with van der Waals surface area (Å²) in [6, 6.07) is 12.3. The lowest BCUT2D eigenvalue weighted by atomic mass is 10.00. The summed E-state index contributed by atoms with van der Waals surface area (Å²) in [7, 11) is 3.34. The van der Waals surface area contributed by atoms with Crippen molar-refractivity contribution in [3.8, 4) is 0 Å². The number of carbonyl (C=O) groups excluding carboxylic acids is 1. The number of pyridine rings is 1. The number of benzene rings is 1. The predicted molar refractivity (Wildman–Crippen MR) is 102 cm³/mol. The minimum Gasteiger partial charge on any atom is -0.314 e. The molecule has 0 atom stereocenters. The highest BCUT2D eigenvalue weighted by Gasteiger charge is 2.26. The van der Waals surface area contributed by atoms with Crippen molar-refractivity contribution in [1.82, 2.24) is 9.99 Å². The Hall–Kier alpha value is -2.70. The van der Waals surface area contributed by atoms with Crippen LogP contribution in [0.3, 0.4) is 0 Å². The van der Waals surface area contributed by atoms with Crippen LogP contribution in [0.15, 0.2) is 42.6 Å². The van der Waals surface area contributed by atoms with Crippen LogP contribution in [0.5, 0.6) is 0 Å². The Bertz CT molecular complexity index is 689. The molecular weight excluding hydrogens is 314 g/mol. The van der Waals surface area contributed by atoms with E-state index in [0.29, 0.717) is 12.3 Å². The highest BCUT2D eigenvalue weighted by Crippen LogP contribution is 2.44. The minimum atomic E-state index is 0.528. The molecule has 1 aromatic heterocycles. The van der Waals surface area contributed by atoms with Gasteiger partial charge in [0.2, 0.25) is 6.41 Å². The van der Waals surface area contributed by atoms with Crippen LogP contribution >= 0.6 is 0 Å². The Morgan fingerprint density at radius 2 is 1.80 bits per heavy atom. The molecule has 0 spiro atoms. The molecule has 1 amide bonds. The van der Waals surface area contributed by atoms with Crippen LogP contribution in [0.25, 0.3) is 12.2 Å². The van der Waals surface area contributed by atoms with Crippen molar-refractivity contribution in [2.45, 2.75) is 18.8 Å². The summed E-state index contributed by atoms with van der Waals surface area (Å²) >= 11 is 0. The molecule has 1 fully saturated rings. The number of rotatable bonds is 5. The van der Waals surface area contributed by atoms with E-state index in [4.69, 9.17) is 11.7 Å². The van der Waals surface area contributed by atoms with E-state index in [9.17, 15) is 4.79 Å². The summed E-state index contributed by atoms with van der Waals surface area (Å²) in [5.74, 6) is 11.4. The van der Waals surface area contributed by atoms with Gasteiger partial charge in [0.05, 0.1) is 11.4 Å². The quantitative estimate of drug-likeness (QED) is 0.378. The molecule has 1 aliphatic rings. The zero-order valence-corrected chi connectivity index (χ0v) is 14.7. The van der Waals surface area contributed by atoms with Crippen LogP contribution in [0.1, 0.15) is 35.6 Å². The topological polar surface area (TPSA) is 88.5 Å². The van der Waals surface area contributed by atoms with Crippen molar-refractivity contribution < 1.29 is 4.79 Å². The van der Waals surface area contributed by atoms with E-state index in [0.717, 1.165) is 16.4 Å². The molecule has 6 nitrogen and oxygen atoms in total. The van der Waals surface area contributed by atoms with Crippen molar-refractivity contribution in [2.24, 2.45) is 11.7 Å². The smallest absolute Gasteiger partial charge is 0.223 e. The summed E-state index contributed by atoms with van der Waals surface area (Å²) in [5, 5.41) is 2.63. The molecule has 0 unspecified atom stereocenters. The van der Waals surface area contributed by atoms with Gasteiger partial charge in [-0.15, -0.1) is 0 Å². The lowest BCUT2D eigenvalue weighted by Crippen LogP contribution is -2.26. The Morgan fingerprint density at radius 3 is 2.32 bits per heavy atom. The molecular formula is C19H25N5O. The second-order valence-electron chi connectivity index (χ2n) is 6.02. The standard InChI is InChI=1S/C17H19N3.C2H6N2O/c1-20(18)17-7-4-6-15(13-8-9-13)16(17)11-10-14-5-2-3-12-19-14;1-4(3)2-5/h2-7,10-13H,8-9,18H2,1H3;2H,3H2,1H3/b11-10+;. The molecule has 132 valence electrons. The first-order valence-electron chi connectivity index (χ1n) is 8.16. The maximum absolute atomic E-state index is 9.31. The number of amides is 1. The number of aromatic nitrogens is 1. The van der Waals surface area contributed by atoms with Gasteiger partial charge in [0.1, 0.15) is 0 Å². The van der Waals surface area contributed by atoms with Gasteiger partial charge >= 0.3 is 0 Å². The van der Waals surface area contributed by atoms with Gasteiger partial charge in [-0.05, 0) is 48.6 Å². The zero-order chi connectivity index (χ0) is 18.2. The van der Waals surface area contributed by atoms with Gasteiger partial charge in [0, 0.05) is 25.9 Å². The summed E-state index contributed by atoms with van der Waals surface area (Å²) in [6.07, 6.45) is 9.08. The zero-order valence-electron chi connectivity index (χ0n) is 14.7. The lowest BCUT2D eigenvalue weighted by molar-refractivity contribution is -0.117. The first-order valence-corrected chi connectivity index (χ1v) is 8.16. The molecule has 1 heterocycles. The van der Waals surface area contributed by atoms with Gasteiger partial charge in [-0.25, -0.2) is 11.7 Å². The highest BCUT2D eigenvalue weighted by molar-refractivity contribution is 5.78. The largest absolute Gasteiger partial charge is 0.314 e. The number of nitrogens with zero attached hydrogens (tertiary/aromatic N) is 3. The third kappa shape index (κ3) is 5.70. The van der Waals surface area contributed by atoms with E-state index in [2.05, 4.69) is 29.3 Å². The Morgan fingerprint density at radius 1 is 1.08 bits per heavy atom. The van der Waals surface area contributed by atoms with Crippen LogP contribution in [0.4, 0.5) is 5.69 Å². The maximum atomic E-state index is 9.31. The molecule has 1 aromatic carbocycles. The predicted octanol–water partition coefficient (Wildman–Crippen LogP) is 2.39. The number of hydrogen-bond acceptors (Lipinski definition) is 5. The molecule has 3 rings (SSSR count). The molecule has 0 radical (unpaired) electrons.